The lowest BCUT2D eigenvalue weighted by molar-refractivity contribution is -0.137. The zero-order chi connectivity index (χ0) is 30.7. The highest BCUT2D eigenvalue weighted by molar-refractivity contribution is 6.30. The van der Waals surface area contributed by atoms with Gasteiger partial charge in [-0.25, -0.2) is 0 Å². The number of hydrogen-bond acceptors (Lipinski definition) is 5. The molecule has 3 fully saturated rings. The molecule has 0 spiro atoms. The van der Waals surface area contributed by atoms with E-state index in [0.717, 1.165) is 73.2 Å². The number of likely N-dealkylation sites (tertiary alicyclic amines) is 1. The molecule has 2 aromatic rings. The number of carbonyl (C=O) groups is 4. The number of allylic oxidation sites excluding steroid dienone is 1. The van der Waals surface area contributed by atoms with Gasteiger partial charge in [-0.3, -0.25) is 24.5 Å². The molecule has 5 aliphatic rings. The molecule has 0 radical (unpaired) electrons. The third kappa shape index (κ3) is 5.42. The van der Waals surface area contributed by atoms with Crippen molar-refractivity contribution < 1.29 is 23.9 Å². The molecule has 8 nitrogen and oxygen atoms in total. The maximum Gasteiger partial charge on any atom is 0.255 e. The molecule has 2 aliphatic carbocycles. The van der Waals surface area contributed by atoms with Crippen LogP contribution < -0.4 is 10.1 Å². The van der Waals surface area contributed by atoms with Crippen LogP contribution in [0.5, 0.6) is 5.75 Å². The normalized spacial score (nSPS) is 26.6. The summed E-state index contributed by atoms with van der Waals surface area (Å²) in [5, 5.41) is 3.05. The molecule has 0 bridgehead atoms. The molecular weight excluding hydrogens is 578 g/mol. The van der Waals surface area contributed by atoms with Crippen LogP contribution in [0.2, 0.25) is 5.02 Å². The van der Waals surface area contributed by atoms with Gasteiger partial charge < -0.3 is 14.5 Å². The van der Waals surface area contributed by atoms with Crippen molar-refractivity contribution in [2.75, 3.05) is 13.1 Å². The molecule has 0 aromatic heterocycles. The lowest BCUT2D eigenvalue weighted by Crippen LogP contribution is -2.52. The van der Waals surface area contributed by atoms with E-state index in [9.17, 15) is 19.2 Å². The number of rotatable bonds is 5. The van der Waals surface area contributed by atoms with Crippen molar-refractivity contribution in [2.45, 2.75) is 77.5 Å². The van der Waals surface area contributed by atoms with E-state index in [4.69, 9.17) is 16.3 Å². The van der Waals surface area contributed by atoms with Gasteiger partial charge in [0.05, 0.1) is 6.10 Å². The van der Waals surface area contributed by atoms with E-state index in [1.165, 1.54) is 0 Å². The van der Waals surface area contributed by atoms with E-state index in [-0.39, 0.29) is 35.7 Å². The van der Waals surface area contributed by atoms with Crippen molar-refractivity contribution in [3.05, 3.63) is 69.8 Å². The topological polar surface area (TPSA) is 96.0 Å². The predicted molar refractivity (Wildman–Crippen MR) is 166 cm³/mol. The molecule has 3 atom stereocenters. The van der Waals surface area contributed by atoms with Crippen molar-refractivity contribution in [3.8, 4) is 5.75 Å². The second kappa shape index (κ2) is 11.1. The number of amides is 4. The molecule has 1 N–H and O–H groups in total. The van der Waals surface area contributed by atoms with Gasteiger partial charge >= 0.3 is 0 Å². The summed E-state index contributed by atoms with van der Waals surface area (Å²) in [5.74, 6) is 0.831. The summed E-state index contributed by atoms with van der Waals surface area (Å²) >= 11 is 6.16. The zero-order valence-corrected chi connectivity index (χ0v) is 26.0. The summed E-state index contributed by atoms with van der Waals surface area (Å²) in [6, 6.07) is 12.8. The van der Waals surface area contributed by atoms with Gasteiger partial charge in [0.1, 0.15) is 11.8 Å². The number of nitrogens with zero attached hydrogens (tertiary/aromatic N) is 2. The Balaban J connectivity index is 0.991. The van der Waals surface area contributed by atoms with Gasteiger partial charge in [0.25, 0.3) is 5.91 Å². The van der Waals surface area contributed by atoms with E-state index >= 15 is 0 Å². The summed E-state index contributed by atoms with van der Waals surface area (Å²) in [4.78, 5) is 54.5. The first-order valence-electron chi connectivity index (χ1n) is 15.8. The molecule has 7 rings (SSSR count). The highest BCUT2D eigenvalue weighted by Crippen LogP contribution is 2.46. The monoisotopic (exact) mass is 615 g/mol. The van der Waals surface area contributed by atoms with Gasteiger partial charge in [-0.05, 0) is 103 Å². The summed E-state index contributed by atoms with van der Waals surface area (Å²) in [6.45, 7) is 6.39. The molecule has 44 heavy (non-hydrogen) atoms. The third-order valence-electron chi connectivity index (χ3n) is 10.3. The molecule has 4 amide bonds. The van der Waals surface area contributed by atoms with Crippen LogP contribution in [0.4, 0.5) is 0 Å². The smallest absolute Gasteiger partial charge is 0.255 e. The van der Waals surface area contributed by atoms with Gasteiger partial charge in [-0.2, -0.15) is 0 Å². The Bertz CT molecular complexity index is 1570. The van der Waals surface area contributed by atoms with Crippen LogP contribution in [0.15, 0.2) is 48.0 Å². The van der Waals surface area contributed by atoms with Gasteiger partial charge in [0, 0.05) is 42.2 Å². The molecule has 3 aliphatic heterocycles. The number of carbonyl (C=O) groups excluding carboxylic acids is 4. The number of nitrogens with one attached hydrogen (secondary N) is 1. The Hall–Kier alpha value is -3.65. The number of halogens is 1. The standard InChI is InChI=1S/C35H38ClN3O5/c1-35(2)12-11-28(29(16-35)20-3-5-24(36)6-4-20)33(42)38-17-21-13-26(14-22(21)18-38)44-25-7-8-27-23(15-25)19-39(34(27)43)30-9-10-31(40)37-32(30)41/h3-8,15,21-22,26,30H,9-14,16-19H2,1-2H3,(H,37,40,41)/t21-,22-,30?/m1/s1. The van der Waals surface area contributed by atoms with Crippen LogP contribution in [-0.2, 0) is 20.9 Å². The molecule has 2 saturated heterocycles. The van der Waals surface area contributed by atoms with Crippen molar-refractivity contribution in [1.82, 2.24) is 15.1 Å². The summed E-state index contributed by atoms with van der Waals surface area (Å²) in [7, 11) is 0. The highest BCUT2D eigenvalue weighted by Gasteiger charge is 2.45. The largest absolute Gasteiger partial charge is 0.490 e. The number of piperidine rings is 1. The van der Waals surface area contributed by atoms with Crippen LogP contribution in [-0.4, -0.2) is 58.7 Å². The number of fused-ring (bicyclic) bond motifs is 2. The predicted octanol–water partition coefficient (Wildman–Crippen LogP) is 5.38. The van der Waals surface area contributed by atoms with E-state index in [1.54, 1.807) is 11.0 Å². The first-order chi connectivity index (χ1) is 21.0. The van der Waals surface area contributed by atoms with Crippen LogP contribution in [0, 0.1) is 17.3 Å². The fraction of sp³-hybridized carbons (Fsp3) is 0.486. The lowest BCUT2D eigenvalue weighted by Gasteiger charge is -2.34. The van der Waals surface area contributed by atoms with Gasteiger partial charge in [-0.15, -0.1) is 0 Å². The van der Waals surface area contributed by atoms with E-state index < -0.39 is 11.9 Å². The van der Waals surface area contributed by atoms with Crippen molar-refractivity contribution in [2.24, 2.45) is 17.3 Å². The van der Waals surface area contributed by atoms with Crippen LogP contribution in [0.3, 0.4) is 0 Å². The number of hydrogen-bond donors (Lipinski definition) is 1. The average molecular weight is 616 g/mol. The SMILES string of the molecule is CC1(C)CCC(C(=O)N2C[C@H]3CC(Oc4ccc5c(c4)CN(C4CCC(=O)NC4=O)C5=O)C[C@@H]3C2)=C(c2ccc(Cl)cc2)C1. The van der Waals surface area contributed by atoms with E-state index in [1.807, 2.05) is 36.4 Å². The molecule has 1 saturated carbocycles. The van der Waals surface area contributed by atoms with Crippen LogP contribution >= 0.6 is 11.6 Å². The van der Waals surface area contributed by atoms with Crippen molar-refractivity contribution in [3.63, 3.8) is 0 Å². The van der Waals surface area contributed by atoms with Gasteiger partial charge in [-0.1, -0.05) is 37.6 Å². The maximum absolute atomic E-state index is 13.9. The number of imide groups is 1. The summed E-state index contributed by atoms with van der Waals surface area (Å²) < 4.78 is 6.43. The number of ether oxygens (including phenoxy) is 1. The first kappa shape index (κ1) is 29.1. The first-order valence-corrected chi connectivity index (χ1v) is 16.1. The van der Waals surface area contributed by atoms with Crippen LogP contribution in [0.25, 0.3) is 5.57 Å². The second-order valence-corrected chi connectivity index (χ2v) is 14.4. The van der Waals surface area contributed by atoms with Crippen molar-refractivity contribution in [1.29, 1.82) is 0 Å². The van der Waals surface area contributed by atoms with E-state index in [2.05, 4.69) is 24.1 Å². The second-order valence-electron chi connectivity index (χ2n) is 14.0. The average Bonchev–Trinajstić information content (AvgIpc) is 3.64. The number of benzene rings is 2. The summed E-state index contributed by atoms with van der Waals surface area (Å²) in [6.07, 6.45) is 5.09. The van der Waals surface area contributed by atoms with E-state index in [0.29, 0.717) is 35.4 Å². The lowest BCUT2D eigenvalue weighted by atomic mass is 9.72. The zero-order valence-electron chi connectivity index (χ0n) is 25.2. The van der Waals surface area contributed by atoms with Gasteiger partial charge in [0.15, 0.2) is 0 Å². The fourth-order valence-electron chi connectivity index (χ4n) is 7.97. The third-order valence-corrected chi connectivity index (χ3v) is 10.6. The molecule has 2 aromatic carbocycles. The van der Waals surface area contributed by atoms with Gasteiger partial charge in [0.2, 0.25) is 17.7 Å². The minimum atomic E-state index is -0.630. The Morgan fingerprint density at radius 1 is 1.00 bits per heavy atom. The highest BCUT2D eigenvalue weighted by atomic mass is 35.5. The summed E-state index contributed by atoms with van der Waals surface area (Å²) in [5.41, 5.74) is 4.78. The Kier molecular flexibility index (Phi) is 7.31. The van der Waals surface area contributed by atoms with Crippen LogP contribution in [0.1, 0.15) is 80.3 Å². The Morgan fingerprint density at radius 3 is 2.43 bits per heavy atom. The molecular formula is C35H38ClN3O5. The quantitative estimate of drug-likeness (QED) is 0.456. The minimum Gasteiger partial charge on any atom is -0.490 e. The molecule has 3 heterocycles. The van der Waals surface area contributed by atoms with Crippen molar-refractivity contribution >= 4 is 40.8 Å². The fourth-order valence-corrected chi connectivity index (χ4v) is 8.09. The Labute approximate surface area is 262 Å². The maximum atomic E-state index is 13.9. The molecule has 1 unspecified atom stereocenters. The Morgan fingerprint density at radius 2 is 1.73 bits per heavy atom. The minimum absolute atomic E-state index is 0.0583. The molecule has 230 valence electrons. The molecule has 9 heteroatoms.